The number of hydrogen-bond donors (Lipinski definition) is 3. The Morgan fingerprint density at radius 3 is 2.41 bits per heavy atom. The van der Waals surface area contributed by atoms with Crippen LogP contribution in [-0.2, 0) is 24.2 Å². The average molecular weight is 485 g/mol. The second-order valence-corrected chi connectivity index (χ2v) is 9.78. The van der Waals surface area contributed by atoms with E-state index < -0.39 is 11.6 Å². The molecule has 0 radical (unpaired) electrons. The number of aromatic amines is 1. The number of ether oxygens (including phenoxy) is 2. The zero-order valence-electron chi connectivity index (χ0n) is 20.5. The number of benzene rings is 1. The van der Waals surface area contributed by atoms with Crippen molar-refractivity contribution in [3.05, 3.63) is 62.9 Å². The van der Waals surface area contributed by atoms with Gasteiger partial charge < -0.3 is 25.1 Å². The Balaban J connectivity index is 1.89. The van der Waals surface area contributed by atoms with Crippen molar-refractivity contribution in [3.63, 3.8) is 0 Å². The second-order valence-electron chi connectivity index (χ2n) is 8.83. The Labute approximate surface area is 204 Å². The van der Waals surface area contributed by atoms with Gasteiger partial charge in [0.25, 0.3) is 5.91 Å². The van der Waals surface area contributed by atoms with Crippen LogP contribution in [0.3, 0.4) is 0 Å². The van der Waals surface area contributed by atoms with E-state index in [-0.39, 0.29) is 5.91 Å². The molecule has 0 saturated heterocycles. The van der Waals surface area contributed by atoms with E-state index in [4.69, 9.17) is 9.47 Å². The van der Waals surface area contributed by atoms with Crippen LogP contribution in [0.4, 0.5) is 5.69 Å². The van der Waals surface area contributed by atoms with Crippen LogP contribution in [0.1, 0.15) is 70.5 Å². The number of hydrogen-bond acceptors (Lipinski definition) is 7. The molecule has 9 heteroatoms. The molecule has 1 amide bonds. The van der Waals surface area contributed by atoms with Crippen LogP contribution in [0.5, 0.6) is 5.75 Å². The van der Waals surface area contributed by atoms with Gasteiger partial charge in [-0.3, -0.25) is 4.79 Å². The van der Waals surface area contributed by atoms with Gasteiger partial charge in [-0.05, 0) is 63.9 Å². The highest BCUT2D eigenvalue weighted by molar-refractivity contribution is 7.09. The Morgan fingerprint density at radius 2 is 1.85 bits per heavy atom. The fourth-order valence-corrected chi connectivity index (χ4v) is 4.20. The third kappa shape index (κ3) is 6.38. The number of methoxy groups -OCH3 is 1. The molecule has 0 aliphatic carbocycles. The minimum atomic E-state index is -0.653. The first-order valence-electron chi connectivity index (χ1n) is 11.2. The molecule has 2 aromatic heterocycles. The zero-order chi connectivity index (χ0) is 24.9. The molecule has 0 spiro atoms. The molecule has 8 nitrogen and oxygen atoms in total. The van der Waals surface area contributed by atoms with Crippen molar-refractivity contribution in [1.82, 2.24) is 15.3 Å². The van der Waals surface area contributed by atoms with E-state index in [1.165, 1.54) is 11.3 Å². The molecular formula is C25H32N4O4S. The smallest absolute Gasteiger partial charge is 0.355 e. The van der Waals surface area contributed by atoms with Crippen LogP contribution >= 0.6 is 11.3 Å². The third-order valence-electron chi connectivity index (χ3n) is 4.99. The van der Waals surface area contributed by atoms with E-state index in [9.17, 15) is 9.59 Å². The number of H-pyrrole nitrogens is 1. The number of rotatable bonds is 9. The Bertz CT molecular complexity index is 1140. The summed E-state index contributed by atoms with van der Waals surface area (Å²) in [5.74, 6) is 0.00957. The van der Waals surface area contributed by atoms with Gasteiger partial charge >= 0.3 is 5.97 Å². The van der Waals surface area contributed by atoms with Gasteiger partial charge in [0.1, 0.15) is 22.1 Å². The van der Waals surface area contributed by atoms with Gasteiger partial charge in [0, 0.05) is 22.5 Å². The molecule has 182 valence electrons. The number of nitrogens with zero attached hydrogens (tertiary/aromatic N) is 1. The molecule has 0 aliphatic rings. The molecule has 0 bridgehead atoms. The molecule has 3 rings (SSSR count). The third-order valence-corrected chi connectivity index (χ3v) is 5.96. The molecule has 2 heterocycles. The maximum Gasteiger partial charge on any atom is 0.355 e. The van der Waals surface area contributed by atoms with Gasteiger partial charge in [0.2, 0.25) is 0 Å². The van der Waals surface area contributed by atoms with Gasteiger partial charge in [0.05, 0.1) is 25.8 Å². The predicted octanol–water partition coefficient (Wildman–Crippen LogP) is 4.85. The Hall–Kier alpha value is -3.33. The molecule has 3 aromatic rings. The van der Waals surface area contributed by atoms with Crippen molar-refractivity contribution in [2.24, 2.45) is 0 Å². The standard InChI is InChI=1S/C25H32N4O4S/c1-7-18-21(23(30)27-13-20-28-15(2)14-34-20)19(29-22(18)24(31)33-25(3,4)5)12-26-16-8-10-17(32-6)11-9-16/h8-11,14,26,29H,7,12-13H2,1-6H3,(H,27,30). The lowest BCUT2D eigenvalue weighted by Gasteiger charge is -2.19. The van der Waals surface area contributed by atoms with Crippen LogP contribution in [0.25, 0.3) is 0 Å². The summed E-state index contributed by atoms with van der Waals surface area (Å²) in [6.45, 7) is 9.91. The molecule has 1 aromatic carbocycles. The van der Waals surface area contributed by atoms with Crippen LogP contribution < -0.4 is 15.4 Å². The summed E-state index contributed by atoms with van der Waals surface area (Å²) in [6, 6.07) is 7.48. The number of aryl methyl sites for hydroxylation is 1. The predicted molar refractivity (Wildman–Crippen MR) is 134 cm³/mol. The largest absolute Gasteiger partial charge is 0.497 e. The second kappa shape index (κ2) is 10.7. The van der Waals surface area contributed by atoms with Gasteiger partial charge in [-0.2, -0.15) is 0 Å². The number of amides is 1. The van der Waals surface area contributed by atoms with Gasteiger partial charge in [0.15, 0.2) is 0 Å². The van der Waals surface area contributed by atoms with E-state index in [0.29, 0.717) is 42.0 Å². The van der Waals surface area contributed by atoms with Crippen molar-refractivity contribution in [2.45, 2.75) is 59.7 Å². The normalized spacial score (nSPS) is 11.2. The van der Waals surface area contributed by atoms with E-state index in [1.807, 2.05) is 64.3 Å². The lowest BCUT2D eigenvalue weighted by molar-refractivity contribution is 0.00622. The highest BCUT2D eigenvalue weighted by atomic mass is 32.1. The highest BCUT2D eigenvalue weighted by Crippen LogP contribution is 2.25. The summed E-state index contributed by atoms with van der Waals surface area (Å²) < 4.78 is 10.8. The van der Waals surface area contributed by atoms with Crippen molar-refractivity contribution in [2.75, 3.05) is 12.4 Å². The Kier molecular flexibility index (Phi) is 7.98. The molecule has 0 aliphatic heterocycles. The van der Waals surface area contributed by atoms with E-state index in [2.05, 4.69) is 20.6 Å². The molecule has 0 fully saturated rings. The zero-order valence-corrected chi connectivity index (χ0v) is 21.3. The van der Waals surface area contributed by atoms with Crippen LogP contribution in [0.2, 0.25) is 0 Å². The van der Waals surface area contributed by atoms with Crippen molar-refractivity contribution >= 4 is 28.9 Å². The first-order chi connectivity index (χ1) is 16.1. The summed E-state index contributed by atoms with van der Waals surface area (Å²) in [5, 5.41) is 9.03. The topological polar surface area (TPSA) is 105 Å². The average Bonchev–Trinajstić information content (AvgIpc) is 3.38. The first kappa shape index (κ1) is 25.3. The van der Waals surface area contributed by atoms with Gasteiger partial charge in [-0.25, -0.2) is 9.78 Å². The van der Waals surface area contributed by atoms with Crippen LogP contribution in [-0.4, -0.2) is 34.6 Å². The monoisotopic (exact) mass is 484 g/mol. The number of thiazole rings is 1. The minimum Gasteiger partial charge on any atom is -0.497 e. The fraction of sp³-hybridized carbons (Fsp3) is 0.400. The quantitative estimate of drug-likeness (QED) is 0.375. The maximum atomic E-state index is 13.3. The summed E-state index contributed by atoms with van der Waals surface area (Å²) in [5.41, 5.74) is 3.13. The lowest BCUT2D eigenvalue weighted by Crippen LogP contribution is -2.26. The van der Waals surface area contributed by atoms with Crippen LogP contribution in [0, 0.1) is 6.92 Å². The van der Waals surface area contributed by atoms with E-state index >= 15 is 0 Å². The first-order valence-corrected chi connectivity index (χ1v) is 12.0. The number of carbonyl (C=O) groups is 2. The van der Waals surface area contributed by atoms with Gasteiger partial charge in [-0.15, -0.1) is 11.3 Å². The number of carbonyl (C=O) groups excluding carboxylic acids is 2. The molecule has 0 unspecified atom stereocenters. The summed E-state index contributed by atoms with van der Waals surface area (Å²) in [6.07, 6.45) is 0.493. The summed E-state index contributed by atoms with van der Waals surface area (Å²) in [7, 11) is 1.61. The molecule has 34 heavy (non-hydrogen) atoms. The van der Waals surface area contributed by atoms with Crippen molar-refractivity contribution < 1.29 is 19.1 Å². The fourth-order valence-electron chi connectivity index (χ4n) is 3.49. The van der Waals surface area contributed by atoms with Gasteiger partial charge in [-0.1, -0.05) is 6.92 Å². The van der Waals surface area contributed by atoms with Crippen LogP contribution in [0.15, 0.2) is 29.6 Å². The summed E-state index contributed by atoms with van der Waals surface area (Å²) in [4.78, 5) is 33.8. The number of anilines is 1. The summed E-state index contributed by atoms with van der Waals surface area (Å²) >= 11 is 1.50. The number of esters is 1. The van der Waals surface area contributed by atoms with Crippen molar-refractivity contribution in [1.29, 1.82) is 0 Å². The Morgan fingerprint density at radius 1 is 1.15 bits per heavy atom. The maximum absolute atomic E-state index is 13.3. The highest BCUT2D eigenvalue weighted by Gasteiger charge is 2.28. The molecule has 0 atom stereocenters. The SMILES string of the molecule is CCc1c(C(=O)OC(C)(C)C)[nH]c(CNc2ccc(OC)cc2)c1C(=O)NCc1nc(C)cs1. The molecule has 0 saturated carbocycles. The molecular weight excluding hydrogens is 452 g/mol. The molecule has 3 N–H and O–H groups in total. The van der Waals surface area contributed by atoms with E-state index in [0.717, 1.165) is 22.1 Å². The lowest BCUT2D eigenvalue weighted by atomic mass is 10.0. The number of nitrogens with one attached hydrogen (secondary N) is 3. The van der Waals surface area contributed by atoms with E-state index in [1.54, 1.807) is 7.11 Å². The number of aromatic nitrogens is 2. The minimum absolute atomic E-state index is 0.262. The van der Waals surface area contributed by atoms with Crippen molar-refractivity contribution in [3.8, 4) is 5.75 Å².